The Labute approximate surface area is 155 Å². The van der Waals surface area contributed by atoms with Crippen LogP contribution in [0.1, 0.15) is 5.56 Å². The third-order valence-corrected chi connectivity index (χ3v) is 4.41. The van der Waals surface area contributed by atoms with E-state index in [1.54, 1.807) is 25.2 Å². The van der Waals surface area contributed by atoms with E-state index in [2.05, 4.69) is 32.5 Å². The first kappa shape index (κ1) is 17.0. The van der Waals surface area contributed by atoms with Gasteiger partial charge in [0.2, 0.25) is 5.95 Å². The second-order valence-electron chi connectivity index (χ2n) is 6.25. The molecule has 0 radical (unpaired) electrons. The molecule has 2 aromatic heterocycles. The van der Waals surface area contributed by atoms with Crippen LogP contribution >= 0.6 is 0 Å². The van der Waals surface area contributed by atoms with E-state index in [1.807, 2.05) is 18.2 Å². The largest absolute Gasteiger partial charge is 0.383 e. The summed E-state index contributed by atoms with van der Waals surface area (Å²) in [5.74, 6) is 0.435. The van der Waals surface area contributed by atoms with Crippen molar-refractivity contribution in [3.63, 3.8) is 0 Å². The first-order valence-electron chi connectivity index (χ1n) is 8.66. The highest BCUT2D eigenvalue weighted by atomic mass is 19.1. The fraction of sp³-hybridized carbons (Fsp3) is 0.150. The predicted octanol–water partition coefficient (Wildman–Crippen LogP) is 3.41. The number of fused-ring (bicyclic) bond motifs is 1. The van der Waals surface area contributed by atoms with Gasteiger partial charge >= 0.3 is 0 Å². The minimum absolute atomic E-state index is 0.365. The average Bonchev–Trinajstić information content (AvgIpc) is 2.96. The van der Waals surface area contributed by atoms with E-state index in [4.69, 9.17) is 5.73 Å². The molecule has 136 valence electrons. The molecule has 4 aromatic rings. The minimum atomic E-state index is -0.365. The molecule has 0 aliphatic heterocycles. The molecule has 27 heavy (non-hydrogen) atoms. The lowest BCUT2D eigenvalue weighted by molar-refractivity contribution is 0.631. The summed E-state index contributed by atoms with van der Waals surface area (Å²) >= 11 is 0. The number of benzene rings is 2. The van der Waals surface area contributed by atoms with Crippen molar-refractivity contribution in [3.8, 4) is 11.3 Å². The Morgan fingerprint density at radius 3 is 2.56 bits per heavy atom. The van der Waals surface area contributed by atoms with Gasteiger partial charge in [-0.3, -0.25) is 4.68 Å². The van der Waals surface area contributed by atoms with E-state index in [1.165, 1.54) is 16.3 Å². The zero-order chi connectivity index (χ0) is 18.8. The SMILES string of the molecule is Cn1nc2nc(NCCc3ccccc3)nc(-c3ccccc3F)c2c1N. The zero-order valence-electron chi connectivity index (χ0n) is 14.9. The van der Waals surface area contributed by atoms with Crippen LogP contribution in [0.15, 0.2) is 54.6 Å². The number of anilines is 2. The van der Waals surface area contributed by atoms with Gasteiger partial charge in [0.25, 0.3) is 0 Å². The van der Waals surface area contributed by atoms with E-state index >= 15 is 0 Å². The fourth-order valence-corrected chi connectivity index (χ4v) is 3.01. The molecule has 2 aromatic carbocycles. The molecule has 7 heteroatoms. The molecule has 0 aliphatic carbocycles. The number of nitrogen functional groups attached to an aromatic ring is 1. The maximum absolute atomic E-state index is 14.4. The number of hydrogen-bond donors (Lipinski definition) is 2. The molecule has 3 N–H and O–H groups in total. The third kappa shape index (κ3) is 3.31. The summed E-state index contributed by atoms with van der Waals surface area (Å²) in [6.45, 7) is 0.647. The molecule has 6 nitrogen and oxygen atoms in total. The lowest BCUT2D eigenvalue weighted by Crippen LogP contribution is -2.09. The van der Waals surface area contributed by atoms with Crippen molar-refractivity contribution in [3.05, 3.63) is 66.0 Å². The van der Waals surface area contributed by atoms with Crippen LogP contribution in [0.25, 0.3) is 22.3 Å². The molecule has 0 spiro atoms. The molecular formula is C20H19FN6. The van der Waals surface area contributed by atoms with Crippen molar-refractivity contribution in [2.75, 3.05) is 17.6 Å². The Hall–Kier alpha value is -3.48. The van der Waals surface area contributed by atoms with E-state index in [-0.39, 0.29) is 5.82 Å². The van der Waals surface area contributed by atoms with Crippen LogP contribution in [0.2, 0.25) is 0 Å². The molecular weight excluding hydrogens is 343 g/mol. The van der Waals surface area contributed by atoms with E-state index in [9.17, 15) is 4.39 Å². The topological polar surface area (TPSA) is 81.7 Å². The summed E-state index contributed by atoms with van der Waals surface area (Å²) in [6, 6.07) is 16.6. The molecule has 0 fully saturated rings. The lowest BCUT2D eigenvalue weighted by atomic mass is 10.1. The van der Waals surface area contributed by atoms with Gasteiger partial charge in [-0.05, 0) is 24.1 Å². The number of rotatable bonds is 5. The van der Waals surface area contributed by atoms with Gasteiger partial charge in [0.05, 0.1) is 11.1 Å². The molecule has 0 aliphatic rings. The zero-order valence-corrected chi connectivity index (χ0v) is 14.9. The Kier molecular flexibility index (Phi) is 4.42. The van der Waals surface area contributed by atoms with Crippen molar-refractivity contribution in [2.24, 2.45) is 7.05 Å². The number of aryl methyl sites for hydroxylation is 1. The smallest absolute Gasteiger partial charge is 0.225 e. The van der Waals surface area contributed by atoms with E-state index in [0.717, 1.165) is 6.42 Å². The molecule has 2 heterocycles. The predicted molar refractivity (Wildman–Crippen MR) is 105 cm³/mol. The van der Waals surface area contributed by atoms with Gasteiger partial charge in [0, 0.05) is 19.2 Å². The number of hydrogen-bond acceptors (Lipinski definition) is 5. The molecule has 0 unspecified atom stereocenters. The second-order valence-corrected chi connectivity index (χ2v) is 6.25. The van der Waals surface area contributed by atoms with Crippen molar-refractivity contribution >= 4 is 22.8 Å². The first-order valence-corrected chi connectivity index (χ1v) is 8.66. The summed E-state index contributed by atoms with van der Waals surface area (Å²) in [4.78, 5) is 8.99. The lowest BCUT2D eigenvalue weighted by Gasteiger charge is -2.09. The van der Waals surface area contributed by atoms with Gasteiger partial charge in [-0.1, -0.05) is 42.5 Å². The molecule has 0 saturated carbocycles. The summed E-state index contributed by atoms with van der Waals surface area (Å²) < 4.78 is 15.9. The highest BCUT2D eigenvalue weighted by Gasteiger charge is 2.19. The normalized spacial score (nSPS) is 11.0. The number of nitrogens with zero attached hydrogens (tertiary/aromatic N) is 4. The van der Waals surface area contributed by atoms with Crippen LogP contribution in [0, 0.1) is 5.82 Å². The van der Waals surface area contributed by atoms with Crippen LogP contribution in [0.4, 0.5) is 16.2 Å². The maximum Gasteiger partial charge on any atom is 0.225 e. The number of aromatic nitrogens is 4. The number of nitrogens with one attached hydrogen (secondary N) is 1. The highest BCUT2D eigenvalue weighted by Crippen LogP contribution is 2.32. The van der Waals surface area contributed by atoms with Gasteiger partial charge in [-0.25, -0.2) is 9.37 Å². The summed E-state index contributed by atoms with van der Waals surface area (Å²) in [5, 5.41) is 8.09. The number of nitrogens with two attached hydrogens (primary N) is 1. The van der Waals surface area contributed by atoms with Gasteiger partial charge in [0.1, 0.15) is 11.6 Å². The summed E-state index contributed by atoms with van der Waals surface area (Å²) in [5.41, 5.74) is 8.58. The van der Waals surface area contributed by atoms with Gasteiger partial charge in [0.15, 0.2) is 5.65 Å². The van der Waals surface area contributed by atoms with E-state index < -0.39 is 0 Å². The van der Waals surface area contributed by atoms with Crippen LogP contribution in [-0.2, 0) is 13.5 Å². The van der Waals surface area contributed by atoms with E-state index in [0.29, 0.717) is 40.6 Å². The Morgan fingerprint density at radius 2 is 1.78 bits per heavy atom. The third-order valence-electron chi connectivity index (χ3n) is 4.41. The van der Waals surface area contributed by atoms with Crippen LogP contribution < -0.4 is 11.1 Å². The van der Waals surface area contributed by atoms with Gasteiger partial charge in [-0.2, -0.15) is 10.1 Å². The molecule has 4 rings (SSSR count). The molecule has 0 bridgehead atoms. The quantitative estimate of drug-likeness (QED) is 0.569. The van der Waals surface area contributed by atoms with Crippen LogP contribution in [-0.4, -0.2) is 26.3 Å². The Balaban J connectivity index is 1.71. The highest BCUT2D eigenvalue weighted by molar-refractivity contribution is 5.98. The van der Waals surface area contributed by atoms with Crippen LogP contribution in [0.3, 0.4) is 0 Å². The molecule has 0 saturated heterocycles. The summed E-state index contributed by atoms with van der Waals surface area (Å²) in [7, 11) is 1.73. The molecule has 0 amide bonds. The number of halogens is 1. The summed E-state index contributed by atoms with van der Waals surface area (Å²) in [6.07, 6.45) is 0.821. The van der Waals surface area contributed by atoms with Crippen LogP contribution in [0.5, 0.6) is 0 Å². The van der Waals surface area contributed by atoms with Crippen molar-refractivity contribution in [2.45, 2.75) is 6.42 Å². The monoisotopic (exact) mass is 362 g/mol. The Morgan fingerprint density at radius 1 is 1.04 bits per heavy atom. The average molecular weight is 362 g/mol. The standard InChI is InChI=1S/C20H19FN6/c1-27-18(22)16-17(14-9-5-6-10-15(14)21)24-20(25-19(16)26-27)23-12-11-13-7-3-2-4-8-13/h2-10H,11-12,22H2,1H3,(H,23,25,26). The van der Waals surface area contributed by atoms with Crippen molar-refractivity contribution in [1.82, 2.24) is 19.7 Å². The Bertz CT molecular complexity index is 1090. The molecule has 0 atom stereocenters. The first-order chi connectivity index (χ1) is 13.1. The van der Waals surface area contributed by atoms with Crippen molar-refractivity contribution < 1.29 is 4.39 Å². The fourth-order valence-electron chi connectivity index (χ4n) is 3.01. The minimum Gasteiger partial charge on any atom is -0.383 e. The second kappa shape index (κ2) is 7.03. The maximum atomic E-state index is 14.4. The van der Waals surface area contributed by atoms with Gasteiger partial charge in [-0.15, -0.1) is 0 Å². The van der Waals surface area contributed by atoms with Gasteiger partial charge < -0.3 is 11.1 Å². The van der Waals surface area contributed by atoms with Crippen molar-refractivity contribution in [1.29, 1.82) is 0 Å².